The van der Waals surface area contributed by atoms with Gasteiger partial charge in [-0.3, -0.25) is 9.52 Å². The summed E-state index contributed by atoms with van der Waals surface area (Å²) in [5.74, 6) is -1.77. The van der Waals surface area contributed by atoms with Gasteiger partial charge in [-0.15, -0.1) is 0 Å². The van der Waals surface area contributed by atoms with Crippen molar-refractivity contribution in [3.8, 4) is 11.5 Å². The molecule has 0 aromatic heterocycles. The van der Waals surface area contributed by atoms with E-state index in [-0.39, 0.29) is 27.0 Å². The third-order valence-corrected chi connectivity index (χ3v) is 6.16. The minimum atomic E-state index is -4.92. The number of benzene rings is 3. The molecule has 3 aromatic rings. The number of sulfonamides is 1. The van der Waals surface area contributed by atoms with Gasteiger partial charge in [-0.2, -0.15) is 13.2 Å². The first-order valence-corrected chi connectivity index (χ1v) is 11.5. The summed E-state index contributed by atoms with van der Waals surface area (Å²) in [6, 6.07) is 11.4. The lowest BCUT2D eigenvalue weighted by molar-refractivity contribution is -0.140. The lowest BCUT2D eigenvalue weighted by atomic mass is 10.2. The molecular weight excluding hydrogens is 516 g/mol. The van der Waals surface area contributed by atoms with Gasteiger partial charge in [0.05, 0.1) is 28.3 Å². The summed E-state index contributed by atoms with van der Waals surface area (Å²) < 4.78 is 89.5. The first-order chi connectivity index (χ1) is 16.4. The van der Waals surface area contributed by atoms with Crippen LogP contribution in [0.15, 0.2) is 65.6 Å². The third-order valence-electron chi connectivity index (χ3n) is 4.46. The fourth-order valence-electron chi connectivity index (χ4n) is 2.83. The molecule has 186 valence electrons. The van der Waals surface area contributed by atoms with Gasteiger partial charge >= 0.3 is 6.18 Å². The van der Waals surface area contributed by atoms with Gasteiger partial charge in [0.2, 0.25) is 0 Å². The molecule has 0 aliphatic rings. The number of hydrogen-bond acceptors (Lipinski definition) is 5. The molecule has 7 nitrogen and oxygen atoms in total. The number of hydrogen-bond donors (Lipinski definition) is 2. The highest BCUT2D eigenvalue weighted by Gasteiger charge is 2.34. The van der Waals surface area contributed by atoms with Crippen molar-refractivity contribution in [2.45, 2.75) is 11.1 Å². The van der Waals surface area contributed by atoms with Crippen LogP contribution in [0.3, 0.4) is 0 Å². The number of anilines is 2. The van der Waals surface area contributed by atoms with E-state index in [1.165, 1.54) is 49.6 Å². The summed E-state index contributed by atoms with van der Waals surface area (Å²) in [5.41, 5.74) is -1.57. The summed E-state index contributed by atoms with van der Waals surface area (Å²) in [5, 5.41) is 2.38. The van der Waals surface area contributed by atoms with Crippen molar-refractivity contribution in [3.63, 3.8) is 0 Å². The number of carbonyl (C=O) groups excluding carboxylic acids is 1. The van der Waals surface area contributed by atoms with E-state index in [4.69, 9.17) is 21.1 Å². The molecule has 13 heteroatoms. The first-order valence-electron chi connectivity index (χ1n) is 9.65. The molecule has 0 saturated carbocycles. The maximum atomic E-state index is 13.3. The Morgan fingerprint density at radius 3 is 2.26 bits per heavy atom. The SMILES string of the molecule is COc1ccc(NS(=O)(=O)c2ccc(OCC(=O)Nc3ccc(F)c(C(F)(F)F)c3)cc2)cc1Cl. The Labute approximate surface area is 202 Å². The summed E-state index contributed by atoms with van der Waals surface area (Å²) >= 11 is 6.00. The van der Waals surface area contributed by atoms with Crippen LogP contribution in [0.2, 0.25) is 5.02 Å². The van der Waals surface area contributed by atoms with Crippen LogP contribution >= 0.6 is 11.6 Å². The van der Waals surface area contributed by atoms with Crippen molar-refractivity contribution < 1.29 is 40.2 Å². The van der Waals surface area contributed by atoms with Crippen LogP contribution in [0.25, 0.3) is 0 Å². The van der Waals surface area contributed by atoms with Gasteiger partial charge in [0, 0.05) is 5.69 Å². The van der Waals surface area contributed by atoms with E-state index in [9.17, 15) is 30.8 Å². The molecule has 0 fully saturated rings. The fourth-order valence-corrected chi connectivity index (χ4v) is 4.13. The second kappa shape index (κ2) is 10.4. The maximum absolute atomic E-state index is 13.3. The smallest absolute Gasteiger partial charge is 0.419 e. The molecule has 0 saturated heterocycles. The molecule has 0 heterocycles. The van der Waals surface area contributed by atoms with E-state index in [0.29, 0.717) is 17.9 Å². The molecule has 0 aliphatic carbocycles. The molecule has 35 heavy (non-hydrogen) atoms. The molecule has 0 unspecified atom stereocenters. The zero-order valence-electron chi connectivity index (χ0n) is 17.8. The van der Waals surface area contributed by atoms with Gasteiger partial charge in [-0.25, -0.2) is 12.8 Å². The zero-order valence-corrected chi connectivity index (χ0v) is 19.4. The van der Waals surface area contributed by atoms with Crippen molar-refractivity contribution >= 4 is 38.9 Å². The monoisotopic (exact) mass is 532 g/mol. The largest absolute Gasteiger partial charge is 0.495 e. The number of rotatable bonds is 8. The lowest BCUT2D eigenvalue weighted by Crippen LogP contribution is -2.21. The third kappa shape index (κ3) is 6.76. The van der Waals surface area contributed by atoms with Crippen LogP contribution in [-0.4, -0.2) is 28.0 Å². The van der Waals surface area contributed by atoms with Gasteiger partial charge in [-0.1, -0.05) is 11.6 Å². The zero-order chi connectivity index (χ0) is 25.8. The number of ether oxygens (including phenoxy) is 2. The fraction of sp³-hybridized carbons (Fsp3) is 0.136. The van der Waals surface area contributed by atoms with Crippen molar-refractivity contribution in [2.24, 2.45) is 0 Å². The standard InChI is InChI=1S/C22H17ClF4N2O5S/c1-33-20-9-3-14(11-18(20)23)29-35(31,32)16-6-4-15(5-7-16)34-12-21(30)28-13-2-8-19(24)17(10-13)22(25,26)27/h2-11,29H,12H2,1H3,(H,28,30). The van der Waals surface area contributed by atoms with E-state index in [1.54, 1.807) is 0 Å². The highest BCUT2D eigenvalue weighted by Crippen LogP contribution is 2.33. The molecule has 0 aliphatic heterocycles. The number of nitrogens with one attached hydrogen (secondary N) is 2. The Morgan fingerprint density at radius 1 is 1.00 bits per heavy atom. The highest BCUT2D eigenvalue weighted by atomic mass is 35.5. The van der Waals surface area contributed by atoms with Crippen LogP contribution < -0.4 is 19.5 Å². The van der Waals surface area contributed by atoms with Crippen molar-refractivity contribution in [2.75, 3.05) is 23.8 Å². The highest BCUT2D eigenvalue weighted by molar-refractivity contribution is 7.92. The first kappa shape index (κ1) is 26.1. The van der Waals surface area contributed by atoms with Crippen LogP contribution in [0.5, 0.6) is 11.5 Å². The number of amides is 1. The molecule has 1 amide bonds. The van der Waals surface area contributed by atoms with Gasteiger partial charge in [0.15, 0.2) is 6.61 Å². The predicted molar refractivity (Wildman–Crippen MR) is 121 cm³/mol. The Balaban J connectivity index is 1.60. The molecule has 3 rings (SSSR count). The molecule has 0 atom stereocenters. The second-order valence-electron chi connectivity index (χ2n) is 6.96. The Bertz CT molecular complexity index is 1330. The van der Waals surface area contributed by atoms with Crippen LogP contribution in [0.4, 0.5) is 28.9 Å². The summed E-state index contributed by atoms with van der Waals surface area (Å²) in [4.78, 5) is 11.9. The average Bonchev–Trinajstić information content (AvgIpc) is 2.78. The van der Waals surface area contributed by atoms with Crippen LogP contribution in [0, 0.1) is 5.82 Å². The molecule has 0 spiro atoms. The van der Waals surface area contributed by atoms with Crippen molar-refractivity contribution in [1.29, 1.82) is 0 Å². The quantitative estimate of drug-likeness (QED) is 0.383. The topological polar surface area (TPSA) is 93.7 Å². The number of carbonyl (C=O) groups is 1. The summed E-state index contributed by atoms with van der Waals surface area (Å²) in [6.45, 7) is -0.590. The predicted octanol–water partition coefficient (Wildman–Crippen LogP) is 5.32. The maximum Gasteiger partial charge on any atom is 0.419 e. The number of halogens is 5. The number of methoxy groups -OCH3 is 1. The van der Waals surface area contributed by atoms with Crippen LogP contribution in [-0.2, 0) is 21.0 Å². The van der Waals surface area contributed by atoms with E-state index in [1.807, 2.05) is 0 Å². The Morgan fingerprint density at radius 2 is 1.66 bits per heavy atom. The van der Waals surface area contributed by atoms with Gasteiger partial charge in [-0.05, 0) is 60.7 Å². The van der Waals surface area contributed by atoms with Gasteiger partial charge in [0.25, 0.3) is 15.9 Å². The van der Waals surface area contributed by atoms with Crippen LogP contribution in [0.1, 0.15) is 5.56 Å². The minimum absolute atomic E-state index is 0.104. The average molecular weight is 533 g/mol. The summed E-state index contributed by atoms with van der Waals surface area (Å²) in [6.07, 6.45) is -4.92. The minimum Gasteiger partial charge on any atom is -0.495 e. The van der Waals surface area contributed by atoms with Gasteiger partial charge in [0.1, 0.15) is 17.3 Å². The van der Waals surface area contributed by atoms with E-state index < -0.39 is 40.1 Å². The number of alkyl halides is 3. The van der Waals surface area contributed by atoms with Crippen molar-refractivity contribution in [1.82, 2.24) is 0 Å². The van der Waals surface area contributed by atoms with E-state index in [2.05, 4.69) is 10.0 Å². The molecule has 0 bridgehead atoms. The normalized spacial score (nSPS) is 11.6. The van der Waals surface area contributed by atoms with Gasteiger partial charge < -0.3 is 14.8 Å². The molecule has 3 aromatic carbocycles. The summed E-state index contributed by atoms with van der Waals surface area (Å²) in [7, 11) is -2.54. The lowest BCUT2D eigenvalue weighted by Gasteiger charge is -2.12. The molecular formula is C22H17ClF4N2O5S. The second-order valence-corrected chi connectivity index (χ2v) is 9.05. The van der Waals surface area contributed by atoms with E-state index in [0.717, 1.165) is 6.07 Å². The van der Waals surface area contributed by atoms with Crippen molar-refractivity contribution in [3.05, 3.63) is 77.1 Å². The Hall–Kier alpha value is -3.51. The molecule has 0 radical (unpaired) electrons. The van der Waals surface area contributed by atoms with E-state index >= 15 is 0 Å². The molecule has 2 N–H and O–H groups in total. The Kier molecular flexibility index (Phi) is 7.76.